The Morgan fingerprint density at radius 3 is 2.16 bits per heavy atom. The highest BCUT2D eigenvalue weighted by atomic mass is 35.5. The number of halogens is 1. The molecule has 0 radical (unpaired) electrons. The first-order valence-corrected chi connectivity index (χ1v) is 7.87. The van der Waals surface area contributed by atoms with Gasteiger partial charge in [0.25, 0.3) is 0 Å². The summed E-state index contributed by atoms with van der Waals surface area (Å²) >= 11 is 0. The number of nitrogens with zero attached hydrogens (tertiary/aromatic N) is 1. The normalized spacial score (nSPS) is 11.7. The van der Waals surface area contributed by atoms with E-state index >= 15 is 0 Å². The molecule has 1 aromatic rings. The van der Waals surface area contributed by atoms with Crippen LogP contribution < -0.4 is 0 Å². The minimum Gasteiger partial charge on any atom is -0.358 e. The van der Waals surface area contributed by atoms with Crippen molar-refractivity contribution in [3.8, 4) is 0 Å². The molecule has 0 aliphatic carbocycles. The van der Waals surface area contributed by atoms with Crippen molar-refractivity contribution in [1.82, 2.24) is 4.90 Å². The molecule has 1 atom stereocenters. The van der Waals surface area contributed by atoms with Crippen LogP contribution in [0.5, 0.6) is 0 Å². The third-order valence-electron chi connectivity index (χ3n) is 2.98. The first kappa shape index (κ1) is 18.9. The maximum Gasteiger partial charge on any atom is 0.0756 e. The van der Waals surface area contributed by atoms with E-state index < -0.39 is 0 Å². The topological polar surface area (TPSA) is 12.5 Å². The van der Waals surface area contributed by atoms with Gasteiger partial charge in [0.15, 0.2) is 0 Å². The van der Waals surface area contributed by atoms with Gasteiger partial charge >= 0.3 is 0 Å². The van der Waals surface area contributed by atoms with Gasteiger partial charge in [0.2, 0.25) is 0 Å². The zero-order chi connectivity index (χ0) is 13.4. The summed E-state index contributed by atoms with van der Waals surface area (Å²) in [5.74, 6) is 0. The molecular formula is C15H27ClNOP. The van der Waals surface area contributed by atoms with Crippen LogP contribution in [-0.4, -0.2) is 29.7 Å². The maximum atomic E-state index is 5.73. The predicted molar refractivity (Wildman–Crippen MR) is 88.6 cm³/mol. The van der Waals surface area contributed by atoms with Crippen molar-refractivity contribution in [2.75, 3.05) is 12.7 Å². The van der Waals surface area contributed by atoms with Crippen molar-refractivity contribution in [2.24, 2.45) is 0 Å². The molecule has 2 nitrogen and oxygen atoms in total. The average Bonchev–Trinajstić information content (AvgIpc) is 2.34. The Bertz CT molecular complexity index is 311. The van der Waals surface area contributed by atoms with Crippen LogP contribution in [-0.2, 0) is 11.1 Å². The molecule has 19 heavy (non-hydrogen) atoms. The minimum atomic E-state index is 0. The SMILES string of the molecule is CC(C)N(CCPOCc1ccccc1)C(C)C.Cl. The van der Waals surface area contributed by atoms with Crippen molar-refractivity contribution in [3.63, 3.8) is 0 Å². The Kier molecular flexibility index (Phi) is 10.5. The average molecular weight is 304 g/mol. The molecule has 0 aromatic heterocycles. The van der Waals surface area contributed by atoms with E-state index in [0.717, 1.165) is 19.3 Å². The standard InChI is InChI=1S/C15H26NOP.ClH/c1-13(2)16(14(3)4)10-11-18-17-12-15-8-6-5-7-9-15;/h5-9,13-14,18H,10-12H2,1-4H3;1H. The second-order valence-electron chi connectivity index (χ2n) is 5.09. The molecule has 0 spiro atoms. The van der Waals surface area contributed by atoms with Gasteiger partial charge in [-0.25, -0.2) is 0 Å². The lowest BCUT2D eigenvalue weighted by molar-refractivity contribution is 0.185. The smallest absolute Gasteiger partial charge is 0.0756 e. The Balaban J connectivity index is 0.00000324. The van der Waals surface area contributed by atoms with Gasteiger partial charge in [-0.3, -0.25) is 4.90 Å². The number of rotatable bonds is 8. The minimum absolute atomic E-state index is 0. The molecule has 1 unspecified atom stereocenters. The van der Waals surface area contributed by atoms with Gasteiger partial charge in [0.1, 0.15) is 0 Å². The van der Waals surface area contributed by atoms with Crippen LogP contribution in [0.3, 0.4) is 0 Å². The molecule has 1 aromatic carbocycles. The van der Waals surface area contributed by atoms with Crippen molar-refractivity contribution in [2.45, 2.75) is 46.4 Å². The Morgan fingerprint density at radius 1 is 1.05 bits per heavy atom. The molecule has 0 bridgehead atoms. The zero-order valence-corrected chi connectivity index (χ0v) is 14.2. The van der Waals surface area contributed by atoms with Gasteiger partial charge < -0.3 is 4.52 Å². The molecule has 0 saturated carbocycles. The van der Waals surface area contributed by atoms with E-state index in [-0.39, 0.29) is 12.4 Å². The molecule has 0 saturated heterocycles. The zero-order valence-electron chi connectivity index (χ0n) is 12.4. The van der Waals surface area contributed by atoms with Gasteiger partial charge in [-0.05, 0) is 33.3 Å². The van der Waals surface area contributed by atoms with Crippen molar-refractivity contribution >= 4 is 21.2 Å². The third kappa shape index (κ3) is 7.89. The van der Waals surface area contributed by atoms with Crippen LogP contribution in [0.1, 0.15) is 33.3 Å². The van der Waals surface area contributed by atoms with E-state index in [0.29, 0.717) is 20.9 Å². The van der Waals surface area contributed by atoms with E-state index in [1.54, 1.807) is 0 Å². The molecule has 0 aliphatic rings. The Labute approximate surface area is 126 Å². The highest BCUT2D eigenvalue weighted by Crippen LogP contribution is 2.17. The predicted octanol–water partition coefficient (Wildman–Crippen LogP) is 4.34. The van der Waals surface area contributed by atoms with E-state index in [9.17, 15) is 0 Å². The fraction of sp³-hybridized carbons (Fsp3) is 0.600. The lowest BCUT2D eigenvalue weighted by atomic mass is 10.2. The quantitative estimate of drug-likeness (QED) is 0.523. The summed E-state index contributed by atoms with van der Waals surface area (Å²) < 4.78 is 5.73. The number of benzene rings is 1. The van der Waals surface area contributed by atoms with Crippen LogP contribution >= 0.6 is 21.2 Å². The summed E-state index contributed by atoms with van der Waals surface area (Å²) in [7, 11) is 0.594. The van der Waals surface area contributed by atoms with Crippen molar-refractivity contribution in [1.29, 1.82) is 0 Å². The van der Waals surface area contributed by atoms with E-state index in [1.165, 1.54) is 5.56 Å². The van der Waals surface area contributed by atoms with Crippen LogP contribution in [0.2, 0.25) is 0 Å². The van der Waals surface area contributed by atoms with Crippen molar-refractivity contribution < 1.29 is 4.52 Å². The van der Waals surface area contributed by atoms with Gasteiger partial charge in [-0.15, -0.1) is 12.4 Å². The lowest BCUT2D eigenvalue weighted by Crippen LogP contribution is -2.38. The molecule has 0 N–H and O–H groups in total. The van der Waals surface area contributed by atoms with Crippen molar-refractivity contribution in [3.05, 3.63) is 35.9 Å². The third-order valence-corrected chi connectivity index (χ3v) is 3.76. The molecule has 0 amide bonds. The number of hydrogen-bond donors (Lipinski definition) is 0. The second kappa shape index (κ2) is 10.6. The summed E-state index contributed by atoms with van der Waals surface area (Å²) in [6, 6.07) is 11.6. The molecular weight excluding hydrogens is 277 g/mol. The van der Waals surface area contributed by atoms with Crippen LogP contribution in [0, 0.1) is 0 Å². The lowest BCUT2D eigenvalue weighted by Gasteiger charge is -2.30. The Hall–Kier alpha value is -0.140. The van der Waals surface area contributed by atoms with E-state index in [2.05, 4.69) is 56.9 Å². The maximum absolute atomic E-state index is 5.73. The van der Waals surface area contributed by atoms with Gasteiger partial charge in [0, 0.05) is 33.6 Å². The van der Waals surface area contributed by atoms with Crippen LogP contribution in [0.4, 0.5) is 0 Å². The number of hydrogen-bond acceptors (Lipinski definition) is 2. The largest absolute Gasteiger partial charge is 0.358 e. The van der Waals surface area contributed by atoms with Gasteiger partial charge in [-0.1, -0.05) is 30.3 Å². The highest BCUT2D eigenvalue weighted by molar-refractivity contribution is 7.32. The van der Waals surface area contributed by atoms with Gasteiger partial charge in [0.05, 0.1) is 6.61 Å². The molecule has 0 heterocycles. The summed E-state index contributed by atoms with van der Waals surface area (Å²) in [6.45, 7) is 10.9. The fourth-order valence-electron chi connectivity index (χ4n) is 2.07. The summed E-state index contributed by atoms with van der Waals surface area (Å²) in [6.07, 6.45) is 1.13. The van der Waals surface area contributed by atoms with Crippen LogP contribution in [0.25, 0.3) is 0 Å². The Morgan fingerprint density at radius 2 is 1.63 bits per heavy atom. The molecule has 4 heteroatoms. The first-order valence-electron chi connectivity index (χ1n) is 6.75. The summed E-state index contributed by atoms with van der Waals surface area (Å²) in [5.41, 5.74) is 1.26. The highest BCUT2D eigenvalue weighted by Gasteiger charge is 2.12. The monoisotopic (exact) mass is 303 g/mol. The first-order chi connectivity index (χ1) is 8.61. The summed E-state index contributed by atoms with van der Waals surface area (Å²) in [4.78, 5) is 2.51. The second-order valence-corrected chi connectivity index (χ2v) is 6.17. The van der Waals surface area contributed by atoms with E-state index in [1.807, 2.05) is 6.07 Å². The van der Waals surface area contributed by atoms with E-state index in [4.69, 9.17) is 4.52 Å². The van der Waals surface area contributed by atoms with Crippen LogP contribution in [0.15, 0.2) is 30.3 Å². The van der Waals surface area contributed by atoms with Gasteiger partial charge in [-0.2, -0.15) is 0 Å². The molecule has 110 valence electrons. The molecule has 1 rings (SSSR count). The fourth-order valence-corrected chi connectivity index (χ4v) is 2.83. The molecule has 0 aliphatic heterocycles. The molecule has 0 fully saturated rings. The summed E-state index contributed by atoms with van der Waals surface area (Å²) in [5, 5.41) is 0.